The Labute approximate surface area is 147 Å². The van der Waals surface area contributed by atoms with Gasteiger partial charge in [0, 0.05) is 5.57 Å². The average Bonchev–Trinajstić information content (AvgIpc) is 3.04. The molecule has 0 aliphatic rings. The summed E-state index contributed by atoms with van der Waals surface area (Å²) in [5.41, 5.74) is 3.20. The molecule has 2 rings (SSSR count). The summed E-state index contributed by atoms with van der Waals surface area (Å²) in [4.78, 5) is 1.40. The van der Waals surface area contributed by atoms with Gasteiger partial charge in [-0.25, -0.2) is 0 Å². The molecule has 0 unspecified atom stereocenters. The van der Waals surface area contributed by atoms with Crippen molar-refractivity contribution >= 4 is 16.7 Å². The van der Waals surface area contributed by atoms with Crippen LogP contribution in [-0.4, -0.2) is 20.1 Å². The molecule has 4 nitrogen and oxygen atoms in total. The fourth-order valence-corrected chi connectivity index (χ4v) is 2.35. The van der Waals surface area contributed by atoms with Crippen LogP contribution in [0, 0.1) is 0 Å². The van der Waals surface area contributed by atoms with Crippen molar-refractivity contribution in [1.29, 1.82) is 0 Å². The van der Waals surface area contributed by atoms with E-state index in [0.29, 0.717) is 11.3 Å². The first kappa shape index (κ1) is 17.9. The molecule has 126 valence electrons. The van der Waals surface area contributed by atoms with Gasteiger partial charge in [-0.1, -0.05) is 68.3 Å². The number of aromatic nitrogens is 3. The second kappa shape index (κ2) is 8.45. The smallest absolute Gasteiger partial charge is 0.150 e. The molecular weight excluding hydrogens is 310 g/mol. The summed E-state index contributed by atoms with van der Waals surface area (Å²) in [5.74, 6) is 0.00130. The van der Waals surface area contributed by atoms with Crippen molar-refractivity contribution in [3.05, 3.63) is 103 Å². The zero-order valence-electron chi connectivity index (χ0n) is 14.3. The predicted octanol–water partition coefficient (Wildman–Crippen LogP) is 5.14. The molecular formula is C21H21N3O. The number of nitrogens with zero attached hydrogens (tertiary/aromatic N) is 3. The van der Waals surface area contributed by atoms with Gasteiger partial charge in [0.2, 0.25) is 0 Å². The molecule has 2 aromatic rings. The van der Waals surface area contributed by atoms with Gasteiger partial charge >= 0.3 is 0 Å². The second-order valence-electron chi connectivity index (χ2n) is 5.09. The Morgan fingerprint density at radius 1 is 1.04 bits per heavy atom. The first-order valence-corrected chi connectivity index (χ1v) is 7.83. The van der Waals surface area contributed by atoms with Gasteiger partial charge in [0.15, 0.2) is 5.76 Å². The van der Waals surface area contributed by atoms with Crippen LogP contribution in [0.3, 0.4) is 0 Å². The molecule has 0 saturated carbocycles. The van der Waals surface area contributed by atoms with Crippen molar-refractivity contribution < 1.29 is 5.11 Å². The molecule has 0 fully saturated rings. The summed E-state index contributed by atoms with van der Waals surface area (Å²) < 4.78 is 0. The van der Waals surface area contributed by atoms with Crippen LogP contribution in [0.1, 0.15) is 6.92 Å². The van der Waals surface area contributed by atoms with Crippen molar-refractivity contribution in [2.75, 3.05) is 0 Å². The van der Waals surface area contributed by atoms with Crippen LogP contribution in [0.25, 0.3) is 16.7 Å². The molecule has 0 aliphatic heterocycles. The standard InChI is InChI=1S/C21H21N3O/c1-5-11-16(12-6-2)17(8-4)21(25)20(13-7-3)24-22-18-14-9-10-15-19(18)23-24/h5-15,25H,1,3-4H2,2H3/b12-6-,16-11+,20-13+,21-17-. The molecule has 1 heterocycles. The number of aliphatic hydroxyl groups is 1. The SMILES string of the molecule is C=C/C=C(\C=C/C)C(/C=C)=C(O)/C(=C\C=C)n1nc2ccccc2n1. The Morgan fingerprint density at radius 2 is 1.64 bits per heavy atom. The highest BCUT2D eigenvalue weighted by Gasteiger charge is 2.15. The first-order chi connectivity index (χ1) is 12.2. The zero-order chi connectivity index (χ0) is 18.2. The van der Waals surface area contributed by atoms with Crippen molar-refractivity contribution in [3.63, 3.8) is 0 Å². The molecule has 0 bridgehead atoms. The summed E-state index contributed by atoms with van der Waals surface area (Å²) in [5, 5.41) is 19.7. The maximum absolute atomic E-state index is 10.9. The number of allylic oxidation sites excluding steroid dienone is 10. The van der Waals surface area contributed by atoms with Gasteiger partial charge in [-0.3, -0.25) is 0 Å². The van der Waals surface area contributed by atoms with Crippen molar-refractivity contribution in [1.82, 2.24) is 15.0 Å². The van der Waals surface area contributed by atoms with E-state index in [0.717, 1.165) is 16.6 Å². The number of fused-ring (bicyclic) bond motifs is 1. The van der Waals surface area contributed by atoms with Gasteiger partial charge in [0.1, 0.15) is 16.7 Å². The lowest BCUT2D eigenvalue weighted by molar-refractivity contribution is 0.424. The second-order valence-corrected chi connectivity index (χ2v) is 5.09. The van der Waals surface area contributed by atoms with E-state index in [9.17, 15) is 5.11 Å². The maximum Gasteiger partial charge on any atom is 0.150 e. The quantitative estimate of drug-likeness (QED) is 0.564. The summed E-state index contributed by atoms with van der Waals surface area (Å²) >= 11 is 0. The number of aliphatic hydroxyl groups excluding tert-OH is 1. The zero-order valence-corrected chi connectivity index (χ0v) is 14.3. The van der Waals surface area contributed by atoms with Gasteiger partial charge in [0.25, 0.3) is 0 Å². The highest BCUT2D eigenvalue weighted by molar-refractivity contribution is 5.76. The topological polar surface area (TPSA) is 50.9 Å². The molecule has 4 heteroatoms. The predicted molar refractivity (Wildman–Crippen MR) is 105 cm³/mol. The molecule has 0 spiro atoms. The summed E-state index contributed by atoms with van der Waals surface area (Å²) in [7, 11) is 0. The van der Waals surface area contributed by atoms with E-state index in [1.807, 2.05) is 43.3 Å². The van der Waals surface area contributed by atoms with Crippen LogP contribution in [0.5, 0.6) is 0 Å². The molecule has 1 aromatic heterocycles. The Hall–Kier alpha value is -3.40. The largest absolute Gasteiger partial charge is 0.505 e. The minimum Gasteiger partial charge on any atom is -0.505 e. The molecule has 25 heavy (non-hydrogen) atoms. The number of benzene rings is 1. The fraction of sp³-hybridized carbons (Fsp3) is 0.0476. The molecule has 1 N–H and O–H groups in total. The molecule has 0 atom stereocenters. The molecule has 0 aliphatic carbocycles. The normalized spacial score (nSPS) is 13.8. The van der Waals surface area contributed by atoms with E-state index in [1.165, 1.54) is 4.80 Å². The first-order valence-electron chi connectivity index (χ1n) is 7.83. The lowest BCUT2D eigenvalue weighted by Crippen LogP contribution is -2.06. The molecule has 1 aromatic carbocycles. The lowest BCUT2D eigenvalue weighted by atomic mass is 10.0. The fourth-order valence-electron chi connectivity index (χ4n) is 2.35. The summed E-state index contributed by atoms with van der Waals surface area (Å²) in [6, 6.07) is 7.50. The van der Waals surface area contributed by atoms with Gasteiger partial charge in [-0.05, 0) is 30.7 Å². The number of hydrogen-bond acceptors (Lipinski definition) is 3. The summed E-state index contributed by atoms with van der Waals surface area (Å²) in [6.45, 7) is 13.1. The summed E-state index contributed by atoms with van der Waals surface area (Å²) in [6.07, 6.45) is 12.0. The Kier molecular flexibility index (Phi) is 6.07. The van der Waals surface area contributed by atoms with Crippen molar-refractivity contribution in [2.24, 2.45) is 0 Å². The highest BCUT2D eigenvalue weighted by Crippen LogP contribution is 2.24. The van der Waals surface area contributed by atoms with Crippen LogP contribution in [-0.2, 0) is 0 Å². The minimum absolute atomic E-state index is 0.00130. The Balaban J connectivity index is 2.67. The van der Waals surface area contributed by atoms with E-state index in [2.05, 4.69) is 29.9 Å². The van der Waals surface area contributed by atoms with Crippen molar-refractivity contribution in [2.45, 2.75) is 6.92 Å². The van der Waals surface area contributed by atoms with Crippen LogP contribution < -0.4 is 0 Å². The Morgan fingerprint density at radius 3 is 2.12 bits per heavy atom. The van der Waals surface area contributed by atoms with Crippen LogP contribution >= 0.6 is 0 Å². The van der Waals surface area contributed by atoms with E-state index >= 15 is 0 Å². The van der Waals surface area contributed by atoms with E-state index < -0.39 is 0 Å². The van der Waals surface area contributed by atoms with E-state index in [1.54, 1.807) is 30.4 Å². The molecule has 0 amide bonds. The van der Waals surface area contributed by atoms with Gasteiger partial charge in [0.05, 0.1) is 0 Å². The third kappa shape index (κ3) is 3.93. The number of hydrogen-bond donors (Lipinski definition) is 1. The van der Waals surface area contributed by atoms with Crippen LogP contribution in [0.15, 0.2) is 103 Å². The van der Waals surface area contributed by atoms with E-state index in [4.69, 9.17) is 0 Å². The number of rotatable bonds is 7. The van der Waals surface area contributed by atoms with Crippen LogP contribution in [0.4, 0.5) is 0 Å². The van der Waals surface area contributed by atoms with Crippen molar-refractivity contribution in [3.8, 4) is 0 Å². The van der Waals surface area contributed by atoms with Gasteiger partial charge in [-0.2, -0.15) is 0 Å². The maximum atomic E-state index is 10.9. The van der Waals surface area contributed by atoms with Crippen LogP contribution in [0.2, 0.25) is 0 Å². The Bertz CT molecular complexity index is 891. The average molecular weight is 331 g/mol. The van der Waals surface area contributed by atoms with Gasteiger partial charge in [-0.15, -0.1) is 15.0 Å². The third-order valence-corrected chi connectivity index (χ3v) is 3.43. The van der Waals surface area contributed by atoms with Gasteiger partial charge < -0.3 is 5.11 Å². The van der Waals surface area contributed by atoms with E-state index in [-0.39, 0.29) is 5.76 Å². The molecule has 0 radical (unpaired) electrons. The monoisotopic (exact) mass is 331 g/mol. The minimum atomic E-state index is 0.00130. The molecule has 0 saturated heterocycles. The lowest BCUT2D eigenvalue weighted by Gasteiger charge is -2.11. The third-order valence-electron chi connectivity index (χ3n) is 3.43. The highest BCUT2D eigenvalue weighted by atomic mass is 16.3.